The molecule has 9 heteroatoms. The molecule has 1 N–H and O–H groups in total. The van der Waals surface area contributed by atoms with Crippen molar-refractivity contribution in [2.75, 3.05) is 0 Å². The van der Waals surface area contributed by atoms with Gasteiger partial charge in [0, 0.05) is 6.07 Å². The number of nitro groups is 2. The zero-order valence-corrected chi connectivity index (χ0v) is 14.3. The van der Waals surface area contributed by atoms with Crippen LogP contribution in [0.5, 0.6) is 11.5 Å². The molecule has 2 aromatic rings. The van der Waals surface area contributed by atoms with Gasteiger partial charge in [-0.25, -0.2) is 4.79 Å². The highest BCUT2D eigenvalue weighted by atomic mass is 16.6. The molecule has 0 aliphatic carbocycles. The molecule has 136 valence electrons. The summed E-state index contributed by atoms with van der Waals surface area (Å²) in [5, 5.41) is 31.4. The number of carboxylic acids is 1. The highest BCUT2D eigenvalue weighted by Crippen LogP contribution is 2.38. The zero-order chi connectivity index (χ0) is 19.6. The molecule has 0 unspecified atom stereocenters. The van der Waals surface area contributed by atoms with Gasteiger partial charge in [-0.2, -0.15) is 0 Å². The van der Waals surface area contributed by atoms with Crippen LogP contribution in [0.25, 0.3) is 0 Å². The van der Waals surface area contributed by atoms with Gasteiger partial charge in [0.15, 0.2) is 0 Å². The van der Waals surface area contributed by atoms with E-state index in [9.17, 15) is 25.0 Å². The molecule has 0 heterocycles. The lowest BCUT2D eigenvalue weighted by Gasteiger charge is -2.12. The lowest BCUT2D eigenvalue weighted by molar-refractivity contribution is -0.394. The smallest absolute Gasteiger partial charge is 0.342 e. The van der Waals surface area contributed by atoms with Crippen LogP contribution in [0, 0.1) is 27.2 Å². The summed E-state index contributed by atoms with van der Waals surface area (Å²) in [6.07, 6.45) is 0. The Hall–Kier alpha value is -3.49. The second-order valence-corrected chi connectivity index (χ2v) is 5.99. The minimum absolute atomic E-state index is 0.179. The molecule has 0 aliphatic rings. The standard InChI is InChI=1S/C17H16N2O7/c1-9(2)11-4-10(3)5-12(6-11)26-16-7-13(17(20)21)14(18(22)23)8-15(16)19(24)25/h4-9H,1-3H3,(H,20,21). The summed E-state index contributed by atoms with van der Waals surface area (Å²) in [5.74, 6) is -1.50. The van der Waals surface area contributed by atoms with Crippen LogP contribution in [0.1, 0.15) is 41.3 Å². The molecule has 0 amide bonds. The summed E-state index contributed by atoms with van der Waals surface area (Å²) in [4.78, 5) is 31.7. The Balaban J connectivity index is 2.62. The number of carboxylic acid groups (broad SMARTS) is 1. The maximum absolute atomic E-state index is 11.3. The number of aryl methyl sites for hydroxylation is 1. The molecule has 0 aromatic heterocycles. The van der Waals surface area contributed by atoms with Crippen LogP contribution in [-0.2, 0) is 0 Å². The van der Waals surface area contributed by atoms with Crippen LogP contribution >= 0.6 is 0 Å². The van der Waals surface area contributed by atoms with E-state index in [4.69, 9.17) is 9.84 Å². The summed E-state index contributed by atoms with van der Waals surface area (Å²) in [6.45, 7) is 5.76. The number of hydrogen-bond acceptors (Lipinski definition) is 6. The molecule has 9 nitrogen and oxygen atoms in total. The SMILES string of the molecule is Cc1cc(Oc2cc(C(=O)O)c([N+](=O)[O-])cc2[N+](=O)[O-])cc(C(C)C)c1. The molecule has 2 rings (SSSR count). The van der Waals surface area contributed by atoms with Crippen LogP contribution in [-0.4, -0.2) is 20.9 Å². The van der Waals surface area contributed by atoms with E-state index in [1.54, 1.807) is 12.1 Å². The van der Waals surface area contributed by atoms with E-state index >= 15 is 0 Å². The number of nitro benzene ring substituents is 2. The number of hydrogen-bond donors (Lipinski definition) is 1. The second kappa shape index (κ2) is 7.18. The number of carbonyl (C=O) groups is 1. The maximum Gasteiger partial charge on any atom is 0.342 e. The average molecular weight is 360 g/mol. The first-order valence-corrected chi connectivity index (χ1v) is 7.59. The molecule has 0 saturated heterocycles. The van der Waals surface area contributed by atoms with Gasteiger partial charge in [0.1, 0.15) is 11.3 Å². The van der Waals surface area contributed by atoms with Crippen molar-refractivity contribution in [1.29, 1.82) is 0 Å². The van der Waals surface area contributed by atoms with Crippen LogP contribution in [0.4, 0.5) is 11.4 Å². The normalized spacial score (nSPS) is 10.6. The van der Waals surface area contributed by atoms with Crippen molar-refractivity contribution >= 4 is 17.3 Å². The largest absolute Gasteiger partial charge is 0.477 e. The number of nitrogens with zero attached hydrogens (tertiary/aromatic N) is 2. The van der Waals surface area contributed by atoms with Gasteiger partial charge in [0.2, 0.25) is 5.75 Å². The van der Waals surface area contributed by atoms with Gasteiger partial charge >= 0.3 is 11.7 Å². The number of benzene rings is 2. The number of ether oxygens (including phenoxy) is 1. The van der Waals surface area contributed by atoms with E-state index in [1.807, 2.05) is 26.8 Å². The monoisotopic (exact) mass is 360 g/mol. The Morgan fingerprint density at radius 1 is 1.04 bits per heavy atom. The van der Waals surface area contributed by atoms with Crippen LogP contribution in [0.15, 0.2) is 30.3 Å². The molecular formula is C17H16N2O7. The van der Waals surface area contributed by atoms with Crippen LogP contribution in [0.2, 0.25) is 0 Å². The van der Waals surface area contributed by atoms with Gasteiger partial charge in [-0.1, -0.05) is 19.9 Å². The topological polar surface area (TPSA) is 133 Å². The number of rotatable bonds is 6. The molecule has 0 atom stereocenters. The van der Waals surface area contributed by atoms with E-state index < -0.39 is 32.8 Å². The van der Waals surface area contributed by atoms with Gasteiger partial charge in [0.25, 0.3) is 5.69 Å². The van der Waals surface area contributed by atoms with Gasteiger partial charge in [-0.3, -0.25) is 20.2 Å². The fraction of sp³-hybridized carbons (Fsp3) is 0.235. The third-order valence-electron chi connectivity index (χ3n) is 3.67. The predicted molar refractivity (Wildman–Crippen MR) is 92.1 cm³/mol. The molecule has 2 aromatic carbocycles. The predicted octanol–water partition coefficient (Wildman–Crippen LogP) is 4.43. The first kappa shape index (κ1) is 18.8. The van der Waals surface area contributed by atoms with E-state index in [-0.39, 0.29) is 17.4 Å². The van der Waals surface area contributed by atoms with E-state index in [0.717, 1.165) is 17.2 Å². The van der Waals surface area contributed by atoms with Crippen molar-refractivity contribution in [2.45, 2.75) is 26.7 Å². The quantitative estimate of drug-likeness (QED) is 0.595. The Bertz CT molecular complexity index is 906. The van der Waals surface area contributed by atoms with Crippen LogP contribution < -0.4 is 4.74 Å². The molecule has 0 aliphatic heterocycles. The third kappa shape index (κ3) is 3.94. The lowest BCUT2D eigenvalue weighted by Crippen LogP contribution is -2.05. The van der Waals surface area contributed by atoms with Crippen molar-refractivity contribution in [1.82, 2.24) is 0 Å². The third-order valence-corrected chi connectivity index (χ3v) is 3.67. The maximum atomic E-state index is 11.3. The number of aromatic carboxylic acids is 1. The highest BCUT2D eigenvalue weighted by molar-refractivity contribution is 5.93. The lowest BCUT2D eigenvalue weighted by atomic mass is 10.0. The van der Waals surface area contributed by atoms with Crippen molar-refractivity contribution in [3.05, 3.63) is 67.3 Å². The fourth-order valence-electron chi connectivity index (χ4n) is 2.40. The molecule has 0 fully saturated rings. The molecule has 0 spiro atoms. The first-order valence-electron chi connectivity index (χ1n) is 7.59. The fourth-order valence-corrected chi connectivity index (χ4v) is 2.40. The van der Waals surface area contributed by atoms with Crippen LogP contribution in [0.3, 0.4) is 0 Å². The molecule has 26 heavy (non-hydrogen) atoms. The van der Waals surface area contributed by atoms with Gasteiger partial charge in [0.05, 0.1) is 15.9 Å². The van der Waals surface area contributed by atoms with Gasteiger partial charge in [-0.05, 0) is 36.1 Å². The summed E-state index contributed by atoms with van der Waals surface area (Å²) < 4.78 is 5.54. The Morgan fingerprint density at radius 3 is 2.15 bits per heavy atom. The summed E-state index contributed by atoms with van der Waals surface area (Å²) in [5.41, 5.74) is -0.456. The van der Waals surface area contributed by atoms with Crippen molar-refractivity contribution in [3.63, 3.8) is 0 Å². The summed E-state index contributed by atoms with van der Waals surface area (Å²) in [6, 6.07) is 6.65. The van der Waals surface area contributed by atoms with Gasteiger partial charge in [-0.15, -0.1) is 0 Å². The molecule has 0 bridgehead atoms. The molecule has 0 saturated carbocycles. The van der Waals surface area contributed by atoms with E-state index in [2.05, 4.69) is 0 Å². The summed E-state index contributed by atoms with van der Waals surface area (Å²) in [7, 11) is 0. The molecule has 0 radical (unpaired) electrons. The summed E-state index contributed by atoms with van der Waals surface area (Å²) >= 11 is 0. The van der Waals surface area contributed by atoms with Crippen molar-refractivity contribution in [2.24, 2.45) is 0 Å². The zero-order valence-electron chi connectivity index (χ0n) is 14.3. The van der Waals surface area contributed by atoms with E-state index in [0.29, 0.717) is 6.07 Å². The van der Waals surface area contributed by atoms with E-state index in [1.165, 1.54) is 0 Å². The Kier molecular flexibility index (Phi) is 5.20. The van der Waals surface area contributed by atoms with Crippen molar-refractivity contribution < 1.29 is 24.5 Å². The minimum atomic E-state index is -1.58. The Morgan fingerprint density at radius 2 is 1.65 bits per heavy atom. The molecular weight excluding hydrogens is 344 g/mol. The minimum Gasteiger partial charge on any atom is -0.477 e. The Labute approximate surface area is 148 Å². The van der Waals surface area contributed by atoms with Gasteiger partial charge < -0.3 is 9.84 Å². The first-order chi connectivity index (χ1) is 12.1. The average Bonchev–Trinajstić information content (AvgIpc) is 2.53. The second-order valence-electron chi connectivity index (χ2n) is 5.99. The van der Waals surface area contributed by atoms with Crippen molar-refractivity contribution in [3.8, 4) is 11.5 Å². The highest BCUT2D eigenvalue weighted by Gasteiger charge is 2.29.